The molecule has 0 fully saturated rings. The summed E-state index contributed by atoms with van der Waals surface area (Å²) < 4.78 is 3.09. The molecule has 0 radical (unpaired) electrons. The summed E-state index contributed by atoms with van der Waals surface area (Å²) in [7, 11) is 0. The van der Waals surface area contributed by atoms with Crippen molar-refractivity contribution >= 4 is 26.8 Å². The summed E-state index contributed by atoms with van der Waals surface area (Å²) >= 11 is 3.59. The Hall–Kier alpha value is -0.830. The standard InChI is InChI=1S/C11H13BrN2/c1-7(2)14-11(12)9-6-4-5-8(3)10(9)13-14/h4-7H,1-3H3. The van der Waals surface area contributed by atoms with Crippen LogP contribution >= 0.6 is 15.9 Å². The Balaban J connectivity index is 2.80. The first-order valence-electron chi connectivity index (χ1n) is 4.74. The smallest absolute Gasteiger partial charge is 0.112 e. The van der Waals surface area contributed by atoms with Crippen molar-refractivity contribution in [3.05, 3.63) is 28.4 Å². The van der Waals surface area contributed by atoms with Gasteiger partial charge in [0.05, 0.1) is 5.52 Å². The van der Waals surface area contributed by atoms with Gasteiger partial charge in [-0.25, -0.2) is 0 Å². The van der Waals surface area contributed by atoms with Crippen LogP contribution in [-0.2, 0) is 0 Å². The van der Waals surface area contributed by atoms with Crippen LogP contribution in [0, 0.1) is 6.92 Å². The summed E-state index contributed by atoms with van der Waals surface area (Å²) in [6.45, 7) is 6.35. The van der Waals surface area contributed by atoms with Crippen LogP contribution in [-0.4, -0.2) is 9.78 Å². The second-order valence-corrected chi connectivity index (χ2v) is 4.55. The second-order valence-electron chi connectivity index (χ2n) is 3.80. The molecular weight excluding hydrogens is 240 g/mol. The summed E-state index contributed by atoms with van der Waals surface area (Å²) in [5.41, 5.74) is 2.32. The highest BCUT2D eigenvalue weighted by molar-refractivity contribution is 9.10. The molecule has 0 spiro atoms. The van der Waals surface area contributed by atoms with E-state index in [1.54, 1.807) is 0 Å². The van der Waals surface area contributed by atoms with Crippen LogP contribution in [0.2, 0.25) is 0 Å². The summed E-state index contributed by atoms with van der Waals surface area (Å²) in [4.78, 5) is 0. The molecule has 3 heteroatoms. The predicted molar refractivity (Wildman–Crippen MR) is 62.6 cm³/mol. The van der Waals surface area contributed by atoms with Gasteiger partial charge in [-0.1, -0.05) is 18.2 Å². The first kappa shape index (κ1) is 9.71. The molecule has 0 N–H and O–H groups in total. The zero-order valence-corrected chi connectivity index (χ0v) is 10.2. The van der Waals surface area contributed by atoms with Gasteiger partial charge in [-0.3, -0.25) is 4.68 Å². The van der Waals surface area contributed by atoms with Gasteiger partial charge >= 0.3 is 0 Å². The lowest BCUT2D eigenvalue weighted by Crippen LogP contribution is -2.02. The lowest BCUT2D eigenvalue weighted by Gasteiger charge is -2.05. The SMILES string of the molecule is Cc1cccc2c(Br)n(C(C)C)nc12. The molecule has 2 rings (SSSR count). The second kappa shape index (κ2) is 3.39. The van der Waals surface area contributed by atoms with Crippen molar-refractivity contribution in [2.75, 3.05) is 0 Å². The average molecular weight is 253 g/mol. The van der Waals surface area contributed by atoms with Gasteiger partial charge in [0.1, 0.15) is 4.60 Å². The molecule has 0 bridgehead atoms. The third-order valence-electron chi connectivity index (χ3n) is 2.36. The van der Waals surface area contributed by atoms with Gasteiger partial charge in [-0.15, -0.1) is 0 Å². The van der Waals surface area contributed by atoms with Crippen molar-refractivity contribution in [3.8, 4) is 0 Å². The highest BCUT2D eigenvalue weighted by Gasteiger charge is 2.11. The van der Waals surface area contributed by atoms with Gasteiger partial charge in [0.15, 0.2) is 0 Å². The molecular formula is C11H13BrN2. The Morgan fingerprint density at radius 2 is 2.07 bits per heavy atom. The highest BCUT2D eigenvalue weighted by Crippen LogP contribution is 2.27. The number of benzene rings is 1. The number of hydrogen-bond donors (Lipinski definition) is 0. The van der Waals surface area contributed by atoms with Crippen LogP contribution in [0.5, 0.6) is 0 Å². The van der Waals surface area contributed by atoms with Crippen molar-refractivity contribution in [1.29, 1.82) is 0 Å². The Kier molecular flexibility index (Phi) is 2.35. The molecule has 2 aromatic rings. The minimum Gasteiger partial charge on any atom is -0.255 e. The molecule has 0 amide bonds. The summed E-state index contributed by atoms with van der Waals surface area (Å²) in [6.07, 6.45) is 0. The topological polar surface area (TPSA) is 17.8 Å². The maximum absolute atomic E-state index is 4.58. The maximum atomic E-state index is 4.58. The van der Waals surface area contributed by atoms with Gasteiger partial charge in [0.25, 0.3) is 0 Å². The number of fused-ring (bicyclic) bond motifs is 1. The Morgan fingerprint density at radius 3 is 2.64 bits per heavy atom. The van der Waals surface area contributed by atoms with Crippen molar-refractivity contribution in [3.63, 3.8) is 0 Å². The van der Waals surface area contributed by atoms with Crippen LogP contribution in [0.15, 0.2) is 22.8 Å². The number of nitrogens with zero attached hydrogens (tertiary/aromatic N) is 2. The molecule has 0 unspecified atom stereocenters. The van der Waals surface area contributed by atoms with Crippen LogP contribution in [0.25, 0.3) is 10.9 Å². The molecule has 74 valence electrons. The molecule has 0 saturated carbocycles. The average Bonchev–Trinajstić information content (AvgIpc) is 2.46. The van der Waals surface area contributed by atoms with Crippen LogP contribution in [0.3, 0.4) is 0 Å². The van der Waals surface area contributed by atoms with E-state index in [2.05, 4.69) is 60.0 Å². The number of hydrogen-bond acceptors (Lipinski definition) is 1. The molecule has 0 aliphatic heterocycles. The molecule has 1 aromatic carbocycles. The van der Waals surface area contributed by atoms with Crippen molar-refractivity contribution in [2.45, 2.75) is 26.8 Å². The zero-order chi connectivity index (χ0) is 10.3. The van der Waals surface area contributed by atoms with Crippen LogP contribution in [0.4, 0.5) is 0 Å². The van der Waals surface area contributed by atoms with E-state index in [1.165, 1.54) is 10.9 Å². The van der Waals surface area contributed by atoms with E-state index in [1.807, 2.05) is 4.68 Å². The van der Waals surface area contributed by atoms with Crippen LogP contribution < -0.4 is 0 Å². The monoisotopic (exact) mass is 252 g/mol. The number of halogens is 1. The summed E-state index contributed by atoms with van der Waals surface area (Å²) in [5, 5.41) is 5.77. The lowest BCUT2D eigenvalue weighted by molar-refractivity contribution is 0.527. The Labute approximate surface area is 92.0 Å². The van der Waals surface area contributed by atoms with Gasteiger partial charge in [-0.05, 0) is 42.3 Å². The molecule has 1 aromatic heterocycles. The normalized spacial score (nSPS) is 11.5. The van der Waals surface area contributed by atoms with Gasteiger partial charge in [0.2, 0.25) is 0 Å². The van der Waals surface area contributed by atoms with E-state index in [-0.39, 0.29) is 0 Å². The lowest BCUT2D eigenvalue weighted by atomic mass is 10.2. The number of aryl methyl sites for hydroxylation is 1. The van der Waals surface area contributed by atoms with Crippen molar-refractivity contribution in [1.82, 2.24) is 9.78 Å². The van der Waals surface area contributed by atoms with Crippen molar-refractivity contribution < 1.29 is 0 Å². The molecule has 0 aliphatic carbocycles. The van der Waals surface area contributed by atoms with Crippen LogP contribution in [0.1, 0.15) is 25.5 Å². The van der Waals surface area contributed by atoms with Gasteiger partial charge in [-0.2, -0.15) is 5.10 Å². The fraction of sp³-hybridized carbons (Fsp3) is 0.364. The van der Waals surface area contributed by atoms with Crippen molar-refractivity contribution in [2.24, 2.45) is 0 Å². The number of aromatic nitrogens is 2. The van der Waals surface area contributed by atoms with E-state index in [4.69, 9.17) is 0 Å². The summed E-state index contributed by atoms with van der Waals surface area (Å²) in [6, 6.07) is 6.63. The number of rotatable bonds is 1. The molecule has 0 atom stereocenters. The maximum Gasteiger partial charge on any atom is 0.112 e. The minimum atomic E-state index is 0.385. The molecule has 0 aliphatic rings. The highest BCUT2D eigenvalue weighted by atomic mass is 79.9. The van der Waals surface area contributed by atoms with Gasteiger partial charge in [0, 0.05) is 11.4 Å². The molecule has 1 heterocycles. The fourth-order valence-corrected chi connectivity index (χ4v) is 2.38. The van der Waals surface area contributed by atoms with E-state index >= 15 is 0 Å². The summed E-state index contributed by atoms with van der Waals surface area (Å²) in [5.74, 6) is 0. The Bertz CT molecular complexity index is 471. The zero-order valence-electron chi connectivity index (χ0n) is 8.58. The minimum absolute atomic E-state index is 0.385. The van der Waals surface area contributed by atoms with E-state index < -0.39 is 0 Å². The molecule has 2 nitrogen and oxygen atoms in total. The third-order valence-corrected chi connectivity index (χ3v) is 3.15. The quantitative estimate of drug-likeness (QED) is 0.757. The first-order valence-corrected chi connectivity index (χ1v) is 5.54. The Morgan fingerprint density at radius 1 is 1.36 bits per heavy atom. The fourth-order valence-electron chi connectivity index (χ4n) is 1.58. The first-order chi connectivity index (χ1) is 6.61. The largest absolute Gasteiger partial charge is 0.255 e. The predicted octanol–water partition coefficient (Wildman–Crippen LogP) is 3.69. The van der Waals surface area contributed by atoms with E-state index in [0.29, 0.717) is 6.04 Å². The third kappa shape index (κ3) is 1.36. The van der Waals surface area contributed by atoms with Gasteiger partial charge < -0.3 is 0 Å². The van der Waals surface area contributed by atoms with E-state index in [0.717, 1.165) is 10.1 Å². The molecule has 0 saturated heterocycles. The molecule has 14 heavy (non-hydrogen) atoms. The van der Waals surface area contributed by atoms with E-state index in [9.17, 15) is 0 Å².